The maximum Gasteiger partial charge on any atom is 0.254 e. The normalized spacial score (nSPS) is 10.7. The number of aromatic nitrogens is 2. The van der Waals surface area contributed by atoms with Gasteiger partial charge in [0.1, 0.15) is 0 Å². The summed E-state index contributed by atoms with van der Waals surface area (Å²) >= 11 is 0. The van der Waals surface area contributed by atoms with E-state index < -0.39 is 0 Å². The van der Waals surface area contributed by atoms with Crippen molar-refractivity contribution in [2.45, 2.75) is 19.8 Å². The first-order valence-corrected chi connectivity index (χ1v) is 5.08. The molecule has 0 bridgehead atoms. The number of hydrogen-bond donors (Lipinski definition) is 2. The standard InChI is InChI=1S/C10H18N4O/c1-7(2)9-8(6-14(3)13-9)10(15)12-5-4-11/h6-7H,4-5,11H2,1-3H3,(H,12,15). The Morgan fingerprint density at radius 3 is 2.87 bits per heavy atom. The van der Waals surface area contributed by atoms with Gasteiger partial charge in [-0.2, -0.15) is 5.10 Å². The van der Waals surface area contributed by atoms with Gasteiger partial charge in [-0.05, 0) is 5.92 Å². The molecule has 0 aliphatic rings. The van der Waals surface area contributed by atoms with Crippen molar-refractivity contribution in [1.82, 2.24) is 15.1 Å². The smallest absolute Gasteiger partial charge is 0.254 e. The maximum absolute atomic E-state index is 11.7. The third-order valence-electron chi connectivity index (χ3n) is 2.08. The van der Waals surface area contributed by atoms with Gasteiger partial charge in [-0.1, -0.05) is 13.8 Å². The van der Waals surface area contributed by atoms with Gasteiger partial charge in [-0.3, -0.25) is 9.48 Å². The van der Waals surface area contributed by atoms with E-state index in [1.54, 1.807) is 10.9 Å². The van der Waals surface area contributed by atoms with Crippen LogP contribution < -0.4 is 11.1 Å². The van der Waals surface area contributed by atoms with Crippen LogP contribution in [0.2, 0.25) is 0 Å². The first-order valence-electron chi connectivity index (χ1n) is 5.08. The third kappa shape index (κ3) is 2.79. The summed E-state index contributed by atoms with van der Waals surface area (Å²) in [5.41, 5.74) is 6.79. The fourth-order valence-electron chi connectivity index (χ4n) is 1.39. The zero-order chi connectivity index (χ0) is 11.4. The van der Waals surface area contributed by atoms with Gasteiger partial charge in [0, 0.05) is 26.3 Å². The van der Waals surface area contributed by atoms with Crippen molar-refractivity contribution < 1.29 is 4.79 Å². The van der Waals surface area contributed by atoms with E-state index in [4.69, 9.17) is 5.73 Å². The third-order valence-corrected chi connectivity index (χ3v) is 2.08. The maximum atomic E-state index is 11.7. The first kappa shape index (κ1) is 11.7. The molecular weight excluding hydrogens is 192 g/mol. The minimum Gasteiger partial charge on any atom is -0.351 e. The molecule has 1 rings (SSSR count). The first-order chi connectivity index (χ1) is 7.06. The molecule has 0 atom stereocenters. The lowest BCUT2D eigenvalue weighted by atomic mass is 10.1. The second kappa shape index (κ2) is 4.93. The van der Waals surface area contributed by atoms with E-state index in [9.17, 15) is 4.79 Å². The number of aryl methyl sites for hydroxylation is 1. The number of nitrogens with zero attached hydrogens (tertiary/aromatic N) is 2. The average Bonchev–Trinajstić information content (AvgIpc) is 2.57. The van der Waals surface area contributed by atoms with Crippen LogP contribution >= 0.6 is 0 Å². The van der Waals surface area contributed by atoms with Crippen molar-refractivity contribution in [3.63, 3.8) is 0 Å². The summed E-state index contributed by atoms with van der Waals surface area (Å²) in [6.07, 6.45) is 1.74. The van der Waals surface area contributed by atoms with E-state index in [0.717, 1.165) is 5.69 Å². The second-order valence-corrected chi connectivity index (χ2v) is 3.80. The number of carbonyl (C=O) groups is 1. The summed E-state index contributed by atoms with van der Waals surface area (Å²) in [7, 11) is 1.81. The molecule has 0 aromatic carbocycles. The Kier molecular flexibility index (Phi) is 3.85. The van der Waals surface area contributed by atoms with Crippen molar-refractivity contribution in [1.29, 1.82) is 0 Å². The van der Waals surface area contributed by atoms with Crippen LogP contribution in [-0.4, -0.2) is 28.8 Å². The summed E-state index contributed by atoms with van der Waals surface area (Å²) in [6, 6.07) is 0. The predicted octanol–water partition coefficient (Wildman–Crippen LogP) is 0.232. The molecule has 3 N–H and O–H groups in total. The van der Waals surface area contributed by atoms with Crippen molar-refractivity contribution in [3.05, 3.63) is 17.5 Å². The average molecular weight is 210 g/mol. The summed E-state index contributed by atoms with van der Waals surface area (Å²) < 4.78 is 1.66. The van der Waals surface area contributed by atoms with E-state index in [1.165, 1.54) is 0 Å². The number of hydrogen-bond acceptors (Lipinski definition) is 3. The number of nitrogens with two attached hydrogens (primary N) is 1. The number of nitrogens with one attached hydrogen (secondary N) is 1. The molecule has 1 amide bonds. The molecular formula is C10H18N4O. The highest BCUT2D eigenvalue weighted by Crippen LogP contribution is 2.16. The van der Waals surface area contributed by atoms with Crippen LogP contribution in [0.1, 0.15) is 35.8 Å². The molecule has 0 unspecified atom stereocenters. The molecule has 1 heterocycles. The van der Waals surface area contributed by atoms with Crippen LogP contribution in [0.5, 0.6) is 0 Å². The molecule has 1 aromatic heterocycles. The minimum atomic E-state index is -0.0998. The van der Waals surface area contributed by atoms with Crippen LogP contribution in [0, 0.1) is 0 Å². The van der Waals surface area contributed by atoms with Crippen molar-refractivity contribution in [3.8, 4) is 0 Å². The van der Waals surface area contributed by atoms with Crippen LogP contribution in [0.3, 0.4) is 0 Å². The monoisotopic (exact) mass is 210 g/mol. The Hall–Kier alpha value is -1.36. The van der Waals surface area contributed by atoms with Crippen LogP contribution in [0.25, 0.3) is 0 Å². The van der Waals surface area contributed by atoms with E-state index in [0.29, 0.717) is 18.7 Å². The molecule has 0 saturated carbocycles. The second-order valence-electron chi connectivity index (χ2n) is 3.80. The van der Waals surface area contributed by atoms with E-state index >= 15 is 0 Å². The van der Waals surface area contributed by atoms with Gasteiger partial charge in [-0.25, -0.2) is 0 Å². The molecule has 0 saturated heterocycles. The fraction of sp³-hybridized carbons (Fsp3) is 0.600. The van der Waals surface area contributed by atoms with E-state index in [2.05, 4.69) is 10.4 Å². The Labute approximate surface area is 89.6 Å². The lowest BCUT2D eigenvalue weighted by Crippen LogP contribution is -2.29. The molecule has 0 spiro atoms. The van der Waals surface area contributed by atoms with Gasteiger partial charge in [0.15, 0.2) is 0 Å². The Morgan fingerprint density at radius 1 is 1.67 bits per heavy atom. The van der Waals surface area contributed by atoms with Gasteiger partial charge in [0.2, 0.25) is 0 Å². The van der Waals surface area contributed by atoms with Crippen LogP contribution in [-0.2, 0) is 7.05 Å². The highest BCUT2D eigenvalue weighted by molar-refractivity contribution is 5.95. The highest BCUT2D eigenvalue weighted by atomic mass is 16.1. The molecule has 15 heavy (non-hydrogen) atoms. The van der Waals surface area contributed by atoms with Gasteiger partial charge < -0.3 is 11.1 Å². The zero-order valence-electron chi connectivity index (χ0n) is 9.45. The predicted molar refractivity (Wildman–Crippen MR) is 58.7 cm³/mol. The Bertz CT molecular complexity index is 343. The molecule has 0 radical (unpaired) electrons. The summed E-state index contributed by atoms with van der Waals surface area (Å²) in [4.78, 5) is 11.7. The number of amides is 1. The summed E-state index contributed by atoms with van der Waals surface area (Å²) in [5, 5.41) is 7.00. The van der Waals surface area contributed by atoms with Gasteiger partial charge >= 0.3 is 0 Å². The fourth-order valence-corrected chi connectivity index (χ4v) is 1.39. The van der Waals surface area contributed by atoms with Crippen LogP contribution in [0.4, 0.5) is 0 Å². The highest BCUT2D eigenvalue weighted by Gasteiger charge is 2.17. The largest absolute Gasteiger partial charge is 0.351 e. The van der Waals surface area contributed by atoms with Gasteiger partial charge in [-0.15, -0.1) is 0 Å². The topological polar surface area (TPSA) is 72.9 Å². The van der Waals surface area contributed by atoms with Crippen LogP contribution in [0.15, 0.2) is 6.20 Å². The quantitative estimate of drug-likeness (QED) is 0.747. The zero-order valence-corrected chi connectivity index (χ0v) is 9.45. The van der Waals surface area contributed by atoms with E-state index in [-0.39, 0.29) is 11.8 Å². The number of carbonyl (C=O) groups excluding carboxylic acids is 1. The van der Waals surface area contributed by atoms with Gasteiger partial charge in [0.25, 0.3) is 5.91 Å². The summed E-state index contributed by atoms with van der Waals surface area (Å²) in [5.74, 6) is 0.141. The SMILES string of the molecule is CC(C)c1nn(C)cc1C(=O)NCCN. The van der Waals surface area contributed by atoms with Gasteiger partial charge in [0.05, 0.1) is 11.3 Å². The molecule has 0 aliphatic carbocycles. The van der Waals surface area contributed by atoms with Crippen molar-refractivity contribution in [2.24, 2.45) is 12.8 Å². The molecule has 1 aromatic rings. The van der Waals surface area contributed by atoms with Crippen molar-refractivity contribution in [2.75, 3.05) is 13.1 Å². The molecule has 84 valence electrons. The lowest BCUT2D eigenvalue weighted by Gasteiger charge is -2.05. The molecule has 0 fully saturated rings. The Morgan fingerprint density at radius 2 is 2.33 bits per heavy atom. The molecule has 5 nitrogen and oxygen atoms in total. The molecule has 0 aliphatic heterocycles. The van der Waals surface area contributed by atoms with Crippen molar-refractivity contribution >= 4 is 5.91 Å². The lowest BCUT2D eigenvalue weighted by molar-refractivity contribution is 0.0953. The number of rotatable bonds is 4. The summed E-state index contributed by atoms with van der Waals surface area (Å²) in [6.45, 7) is 4.97. The van der Waals surface area contributed by atoms with E-state index in [1.807, 2.05) is 20.9 Å². The minimum absolute atomic E-state index is 0.0998. The Balaban J connectivity index is 2.87. The molecule has 5 heteroatoms.